The number of nitrogens with one attached hydrogen (secondary N) is 1. The molecule has 0 saturated carbocycles. The number of amides is 1. The molecule has 1 amide bonds. The summed E-state index contributed by atoms with van der Waals surface area (Å²) in [5.74, 6) is -0.457. The summed E-state index contributed by atoms with van der Waals surface area (Å²) in [4.78, 5) is 16.2. The van der Waals surface area contributed by atoms with Gasteiger partial charge in [0.25, 0.3) is 5.91 Å². The summed E-state index contributed by atoms with van der Waals surface area (Å²) in [5.41, 5.74) is 0.833. The molecule has 1 atom stereocenters. The van der Waals surface area contributed by atoms with Crippen LogP contribution in [0.15, 0.2) is 42.6 Å². The first-order valence-corrected chi connectivity index (χ1v) is 5.69. The van der Waals surface area contributed by atoms with Crippen molar-refractivity contribution in [1.82, 2.24) is 4.98 Å². The number of hydrogen-bond donors (Lipinski definition) is 2. The smallest absolute Gasteiger partial charge is 0.267 e. The summed E-state index contributed by atoms with van der Waals surface area (Å²) >= 11 is 0. The molecular formula is C14H12N2O2. The molecule has 0 fully saturated rings. The Kier molecular flexibility index (Phi) is 2.21. The molecule has 0 spiro atoms. The quantitative estimate of drug-likeness (QED) is 0.795. The fourth-order valence-corrected chi connectivity index (χ4v) is 2.23. The third-order valence-electron chi connectivity index (χ3n) is 3.18. The van der Waals surface area contributed by atoms with Crippen LogP contribution in [-0.2, 0) is 10.4 Å². The zero-order valence-corrected chi connectivity index (χ0v) is 9.84. The van der Waals surface area contributed by atoms with Crippen LogP contribution in [0.3, 0.4) is 0 Å². The van der Waals surface area contributed by atoms with E-state index in [1.165, 1.54) is 0 Å². The molecule has 4 heteroatoms. The Bertz CT molecular complexity index is 625. The van der Waals surface area contributed by atoms with Crippen LogP contribution in [0.2, 0.25) is 0 Å². The maximum atomic E-state index is 12.1. The van der Waals surface area contributed by atoms with Crippen molar-refractivity contribution < 1.29 is 9.90 Å². The predicted molar refractivity (Wildman–Crippen MR) is 67.0 cm³/mol. The minimum absolute atomic E-state index is 0.340. The number of nitrogens with zero attached hydrogens (tertiary/aromatic N) is 1. The summed E-state index contributed by atoms with van der Waals surface area (Å²) in [6, 6.07) is 10.6. The van der Waals surface area contributed by atoms with Gasteiger partial charge in [0.05, 0.1) is 5.69 Å². The molecule has 1 aromatic heterocycles. The molecule has 0 bridgehead atoms. The lowest BCUT2D eigenvalue weighted by Gasteiger charge is -2.20. The van der Waals surface area contributed by atoms with Crippen molar-refractivity contribution in [3.8, 4) is 0 Å². The van der Waals surface area contributed by atoms with Crippen LogP contribution in [0.25, 0.3) is 0 Å². The standard InChI is InChI=1S/C14H12N2O2/c1-9-5-6-11-10(8-9)14(18,13(17)16-11)12-4-2-3-7-15-12/h2-8,18H,1H3,(H,16,17). The van der Waals surface area contributed by atoms with Gasteiger partial charge in [-0.15, -0.1) is 0 Å². The number of fused-ring (bicyclic) bond motifs is 1. The molecule has 1 aliphatic rings. The van der Waals surface area contributed by atoms with Gasteiger partial charge in [0.2, 0.25) is 5.60 Å². The van der Waals surface area contributed by atoms with E-state index in [1.807, 2.05) is 19.1 Å². The summed E-state index contributed by atoms with van der Waals surface area (Å²) in [7, 11) is 0. The molecule has 2 heterocycles. The van der Waals surface area contributed by atoms with E-state index >= 15 is 0 Å². The number of aryl methyl sites for hydroxylation is 1. The molecule has 18 heavy (non-hydrogen) atoms. The Hall–Kier alpha value is -2.20. The monoisotopic (exact) mass is 240 g/mol. The van der Waals surface area contributed by atoms with E-state index in [0.29, 0.717) is 16.9 Å². The normalized spacial score (nSPS) is 21.6. The van der Waals surface area contributed by atoms with Crippen LogP contribution in [-0.4, -0.2) is 16.0 Å². The van der Waals surface area contributed by atoms with Gasteiger partial charge in [-0.3, -0.25) is 9.78 Å². The number of hydrogen-bond acceptors (Lipinski definition) is 3. The first-order chi connectivity index (χ1) is 8.62. The third kappa shape index (κ3) is 1.36. The van der Waals surface area contributed by atoms with E-state index in [1.54, 1.807) is 30.5 Å². The Morgan fingerprint density at radius 3 is 2.83 bits per heavy atom. The minimum atomic E-state index is -1.69. The van der Waals surface area contributed by atoms with Crippen molar-refractivity contribution in [2.24, 2.45) is 0 Å². The number of carbonyl (C=O) groups excluding carboxylic acids is 1. The largest absolute Gasteiger partial charge is 0.370 e. The molecule has 2 N–H and O–H groups in total. The fourth-order valence-electron chi connectivity index (χ4n) is 2.23. The lowest BCUT2D eigenvalue weighted by Crippen LogP contribution is -2.36. The third-order valence-corrected chi connectivity index (χ3v) is 3.18. The van der Waals surface area contributed by atoms with Crippen LogP contribution in [0.5, 0.6) is 0 Å². The van der Waals surface area contributed by atoms with Gasteiger partial charge in [-0.2, -0.15) is 0 Å². The molecule has 3 rings (SSSR count). The minimum Gasteiger partial charge on any atom is -0.370 e. The maximum absolute atomic E-state index is 12.1. The van der Waals surface area contributed by atoms with E-state index in [0.717, 1.165) is 5.56 Å². The first-order valence-electron chi connectivity index (χ1n) is 5.69. The highest BCUT2D eigenvalue weighted by Crippen LogP contribution is 2.40. The molecule has 90 valence electrons. The fraction of sp³-hybridized carbons (Fsp3) is 0.143. The van der Waals surface area contributed by atoms with Crippen LogP contribution < -0.4 is 5.32 Å². The van der Waals surface area contributed by atoms with Crippen LogP contribution in [0.1, 0.15) is 16.8 Å². The van der Waals surface area contributed by atoms with Crippen molar-refractivity contribution in [2.75, 3.05) is 5.32 Å². The number of aromatic nitrogens is 1. The van der Waals surface area contributed by atoms with Crippen LogP contribution >= 0.6 is 0 Å². The maximum Gasteiger partial charge on any atom is 0.267 e. The number of benzene rings is 1. The Balaban J connectivity index is 2.25. The van der Waals surface area contributed by atoms with Crippen molar-refractivity contribution in [2.45, 2.75) is 12.5 Å². The van der Waals surface area contributed by atoms with Crippen molar-refractivity contribution in [3.63, 3.8) is 0 Å². The highest BCUT2D eigenvalue weighted by molar-refractivity contribution is 6.07. The summed E-state index contributed by atoms with van der Waals surface area (Å²) in [6.07, 6.45) is 1.56. The number of carbonyl (C=O) groups is 1. The van der Waals surface area contributed by atoms with Crippen molar-refractivity contribution in [1.29, 1.82) is 0 Å². The highest BCUT2D eigenvalue weighted by atomic mass is 16.3. The summed E-state index contributed by atoms with van der Waals surface area (Å²) in [5, 5.41) is 13.4. The van der Waals surface area contributed by atoms with Gasteiger partial charge in [0.1, 0.15) is 0 Å². The van der Waals surface area contributed by atoms with Gasteiger partial charge >= 0.3 is 0 Å². The summed E-state index contributed by atoms with van der Waals surface area (Å²) < 4.78 is 0. The lowest BCUT2D eigenvalue weighted by molar-refractivity contribution is -0.130. The molecule has 1 aliphatic heterocycles. The van der Waals surface area contributed by atoms with Gasteiger partial charge < -0.3 is 10.4 Å². The number of rotatable bonds is 1. The van der Waals surface area contributed by atoms with Gasteiger partial charge in [0, 0.05) is 17.4 Å². The second-order valence-corrected chi connectivity index (χ2v) is 4.43. The van der Waals surface area contributed by atoms with E-state index in [2.05, 4.69) is 10.3 Å². The predicted octanol–water partition coefficient (Wildman–Crippen LogP) is 1.58. The van der Waals surface area contributed by atoms with E-state index in [4.69, 9.17) is 0 Å². The zero-order valence-electron chi connectivity index (χ0n) is 9.84. The summed E-state index contributed by atoms with van der Waals surface area (Å²) in [6.45, 7) is 1.92. The number of anilines is 1. The second kappa shape index (κ2) is 3.65. The molecule has 2 aromatic rings. The molecule has 4 nitrogen and oxygen atoms in total. The number of aliphatic hydroxyl groups is 1. The zero-order chi connectivity index (χ0) is 12.8. The van der Waals surface area contributed by atoms with Crippen LogP contribution in [0.4, 0.5) is 5.69 Å². The molecule has 0 saturated heterocycles. The topological polar surface area (TPSA) is 62.2 Å². The van der Waals surface area contributed by atoms with Crippen molar-refractivity contribution >= 4 is 11.6 Å². The van der Waals surface area contributed by atoms with Gasteiger partial charge in [0.15, 0.2) is 0 Å². The molecule has 0 aliphatic carbocycles. The lowest BCUT2D eigenvalue weighted by atomic mass is 9.90. The van der Waals surface area contributed by atoms with Gasteiger partial charge in [-0.05, 0) is 25.1 Å². The molecular weight excluding hydrogens is 228 g/mol. The van der Waals surface area contributed by atoms with Gasteiger partial charge in [-0.25, -0.2) is 0 Å². The van der Waals surface area contributed by atoms with E-state index in [-0.39, 0.29) is 0 Å². The van der Waals surface area contributed by atoms with E-state index < -0.39 is 11.5 Å². The highest BCUT2D eigenvalue weighted by Gasteiger charge is 2.47. The second-order valence-electron chi connectivity index (χ2n) is 4.43. The van der Waals surface area contributed by atoms with E-state index in [9.17, 15) is 9.90 Å². The number of pyridine rings is 1. The first kappa shape index (κ1) is 10.9. The Morgan fingerprint density at radius 1 is 1.28 bits per heavy atom. The van der Waals surface area contributed by atoms with Crippen LogP contribution in [0, 0.1) is 6.92 Å². The Labute approximate surface area is 104 Å². The average Bonchev–Trinajstić information content (AvgIpc) is 2.64. The SMILES string of the molecule is Cc1ccc2c(c1)C(O)(c1ccccn1)C(=O)N2. The molecule has 1 aromatic carbocycles. The van der Waals surface area contributed by atoms with Gasteiger partial charge in [-0.1, -0.05) is 23.8 Å². The average molecular weight is 240 g/mol. The molecule has 1 unspecified atom stereocenters. The Morgan fingerprint density at radius 2 is 2.11 bits per heavy atom. The van der Waals surface area contributed by atoms with Crippen molar-refractivity contribution in [3.05, 3.63) is 59.4 Å². The molecule has 0 radical (unpaired) electrons.